The zero-order valence-electron chi connectivity index (χ0n) is 9.79. The normalized spacial score (nSPS) is 10.3. The molecule has 0 saturated carbocycles. The van der Waals surface area contributed by atoms with E-state index in [0.29, 0.717) is 0 Å². The van der Waals surface area contributed by atoms with Crippen LogP contribution in [0.3, 0.4) is 0 Å². The molecule has 0 atom stereocenters. The summed E-state index contributed by atoms with van der Waals surface area (Å²) < 4.78 is 39.6. The molecule has 0 fully saturated rings. The summed E-state index contributed by atoms with van der Waals surface area (Å²) in [6.45, 7) is -0.0958. The molecule has 0 bridgehead atoms. The number of amides is 1. The van der Waals surface area contributed by atoms with Gasteiger partial charge < -0.3 is 5.32 Å². The van der Waals surface area contributed by atoms with Crippen LogP contribution >= 0.6 is 0 Å². The molecule has 2 nitrogen and oxygen atoms in total. The third kappa shape index (κ3) is 2.93. The Hall–Kier alpha value is -2.30. The Kier molecular flexibility index (Phi) is 3.85. The zero-order chi connectivity index (χ0) is 13.8. The van der Waals surface area contributed by atoms with E-state index in [1.165, 1.54) is 24.3 Å². The van der Waals surface area contributed by atoms with Crippen molar-refractivity contribution in [3.8, 4) is 0 Å². The van der Waals surface area contributed by atoms with Gasteiger partial charge in [0, 0.05) is 12.1 Å². The topological polar surface area (TPSA) is 29.1 Å². The van der Waals surface area contributed by atoms with Gasteiger partial charge in [-0.1, -0.05) is 24.3 Å². The van der Waals surface area contributed by atoms with Gasteiger partial charge >= 0.3 is 0 Å². The molecule has 5 heteroatoms. The van der Waals surface area contributed by atoms with Gasteiger partial charge in [-0.3, -0.25) is 4.79 Å². The largest absolute Gasteiger partial charge is 0.348 e. The van der Waals surface area contributed by atoms with E-state index >= 15 is 0 Å². The van der Waals surface area contributed by atoms with Crippen LogP contribution in [0.1, 0.15) is 15.9 Å². The highest BCUT2D eigenvalue weighted by atomic mass is 19.2. The van der Waals surface area contributed by atoms with Gasteiger partial charge in [-0.25, -0.2) is 13.2 Å². The van der Waals surface area contributed by atoms with Crippen molar-refractivity contribution in [1.29, 1.82) is 0 Å². The maximum atomic E-state index is 13.3. The van der Waals surface area contributed by atoms with Crippen LogP contribution in [0.5, 0.6) is 0 Å². The molecule has 0 spiro atoms. The Labute approximate surface area is 107 Å². The van der Waals surface area contributed by atoms with Gasteiger partial charge in [0.2, 0.25) is 0 Å². The fourth-order valence-electron chi connectivity index (χ4n) is 1.59. The molecule has 2 aromatic rings. The molecular formula is C14H10F3NO. The molecule has 1 N–H and O–H groups in total. The van der Waals surface area contributed by atoms with Gasteiger partial charge in [-0.05, 0) is 18.2 Å². The van der Waals surface area contributed by atoms with Crippen molar-refractivity contribution < 1.29 is 18.0 Å². The van der Waals surface area contributed by atoms with E-state index in [9.17, 15) is 18.0 Å². The molecule has 0 heterocycles. The Morgan fingerprint density at radius 3 is 2.37 bits per heavy atom. The first kappa shape index (κ1) is 13.1. The maximum Gasteiger partial charge on any atom is 0.254 e. The standard InChI is InChI=1S/C14H10F3NO/c15-11-6-2-1-4-9(11)8-18-14(19)10-5-3-7-12(16)13(10)17/h1-7H,8H2,(H,18,19). The van der Waals surface area contributed by atoms with Crippen LogP contribution < -0.4 is 5.32 Å². The third-order valence-corrected chi connectivity index (χ3v) is 2.59. The number of hydrogen-bond acceptors (Lipinski definition) is 1. The minimum Gasteiger partial charge on any atom is -0.348 e. The summed E-state index contributed by atoms with van der Waals surface area (Å²) in [5.41, 5.74) is -0.135. The summed E-state index contributed by atoms with van der Waals surface area (Å²) in [6.07, 6.45) is 0. The highest BCUT2D eigenvalue weighted by Crippen LogP contribution is 2.12. The van der Waals surface area contributed by atoms with Crippen LogP contribution in [0.4, 0.5) is 13.2 Å². The van der Waals surface area contributed by atoms with E-state index in [4.69, 9.17) is 0 Å². The lowest BCUT2D eigenvalue weighted by molar-refractivity contribution is 0.0945. The SMILES string of the molecule is O=C(NCc1ccccc1F)c1cccc(F)c1F. The van der Waals surface area contributed by atoms with Crippen molar-refractivity contribution in [3.05, 3.63) is 71.0 Å². The second-order valence-corrected chi connectivity index (χ2v) is 3.88. The maximum absolute atomic E-state index is 13.3. The minimum atomic E-state index is -1.21. The molecule has 1 amide bonds. The number of rotatable bonds is 3. The quantitative estimate of drug-likeness (QED) is 0.908. The Morgan fingerprint density at radius 1 is 0.947 bits per heavy atom. The summed E-state index contributed by atoms with van der Waals surface area (Å²) in [4.78, 5) is 11.7. The van der Waals surface area contributed by atoms with Crippen molar-refractivity contribution in [2.75, 3.05) is 0 Å². The van der Waals surface area contributed by atoms with Crippen molar-refractivity contribution in [2.24, 2.45) is 0 Å². The minimum absolute atomic E-state index is 0.0958. The Balaban J connectivity index is 2.10. The molecule has 0 aliphatic rings. The molecule has 2 rings (SSSR count). The number of hydrogen-bond donors (Lipinski definition) is 1. The number of carbonyl (C=O) groups excluding carboxylic acids is 1. The summed E-state index contributed by atoms with van der Waals surface area (Å²) in [5, 5.41) is 2.34. The van der Waals surface area contributed by atoms with E-state index < -0.39 is 28.9 Å². The van der Waals surface area contributed by atoms with Crippen molar-refractivity contribution in [1.82, 2.24) is 5.32 Å². The molecule has 98 valence electrons. The van der Waals surface area contributed by atoms with Gasteiger partial charge in [0.1, 0.15) is 5.82 Å². The predicted molar refractivity (Wildman–Crippen MR) is 63.9 cm³/mol. The van der Waals surface area contributed by atoms with Crippen LogP contribution in [0.2, 0.25) is 0 Å². The number of nitrogens with one attached hydrogen (secondary N) is 1. The van der Waals surface area contributed by atoms with Gasteiger partial charge in [0.15, 0.2) is 11.6 Å². The van der Waals surface area contributed by atoms with Crippen LogP contribution in [0, 0.1) is 17.5 Å². The smallest absolute Gasteiger partial charge is 0.254 e. The first-order valence-corrected chi connectivity index (χ1v) is 5.55. The van der Waals surface area contributed by atoms with Gasteiger partial charge in [-0.15, -0.1) is 0 Å². The summed E-state index contributed by atoms with van der Waals surface area (Å²) in [6, 6.07) is 9.20. The van der Waals surface area contributed by atoms with E-state index in [1.54, 1.807) is 6.07 Å². The van der Waals surface area contributed by atoms with E-state index in [-0.39, 0.29) is 12.1 Å². The lowest BCUT2D eigenvalue weighted by atomic mass is 10.1. The predicted octanol–water partition coefficient (Wildman–Crippen LogP) is 3.03. The van der Waals surface area contributed by atoms with E-state index in [1.807, 2.05) is 0 Å². The number of halogens is 3. The molecule has 0 aromatic heterocycles. The molecule has 0 unspecified atom stereocenters. The summed E-state index contributed by atoms with van der Waals surface area (Å²) in [7, 11) is 0. The fourth-order valence-corrected chi connectivity index (χ4v) is 1.59. The Morgan fingerprint density at radius 2 is 1.63 bits per heavy atom. The van der Waals surface area contributed by atoms with E-state index in [2.05, 4.69) is 5.32 Å². The molecular weight excluding hydrogens is 255 g/mol. The number of carbonyl (C=O) groups is 1. The third-order valence-electron chi connectivity index (χ3n) is 2.59. The van der Waals surface area contributed by atoms with Crippen LogP contribution in [0.15, 0.2) is 42.5 Å². The van der Waals surface area contributed by atoms with Crippen LogP contribution in [-0.4, -0.2) is 5.91 Å². The molecule has 2 aromatic carbocycles. The highest BCUT2D eigenvalue weighted by molar-refractivity contribution is 5.94. The monoisotopic (exact) mass is 265 g/mol. The fraction of sp³-hybridized carbons (Fsp3) is 0.0714. The van der Waals surface area contributed by atoms with Gasteiger partial charge in [0.05, 0.1) is 5.56 Å². The summed E-state index contributed by atoms with van der Waals surface area (Å²) >= 11 is 0. The summed E-state index contributed by atoms with van der Waals surface area (Å²) in [5.74, 6) is -3.57. The Bertz CT molecular complexity index is 613. The molecule has 0 aliphatic heterocycles. The van der Waals surface area contributed by atoms with Gasteiger partial charge in [0.25, 0.3) is 5.91 Å². The first-order chi connectivity index (χ1) is 9.09. The van der Waals surface area contributed by atoms with Crippen molar-refractivity contribution >= 4 is 5.91 Å². The number of benzene rings is 2. The molecule has 0 radical (unpaired) electrons. The second-order valence-electron chi connectivity index (χ2n) is 3.88. The van der Waals surface area contributed by atoms with E-state index in [0.717, 1.165) is 12.1 Å². The second kappa shape index (κ2) is 5.56. The average Bonchev–Trinajstić information content (AvgIpc) is 2.40. The van der Waals surface area contributed by atoms with Crippen LogP contribution in [-0.2, 0) is 6.54 Å². The van der Waals surface area contributed by atoms with Crippen molar-refractivity contribution in [2.45, 2.75) is 6.54 Å². The zero-order valence-corrected chi connectivity index (χ0v) is 9.79. The first-order valence-electron chi connectivity index (χ1n) is 5.55. The van der Waals surface area contributed by atoms with Gasteiger partial charge in [-0.2, -0.15) is 0 Å². The average molecular weight is 265 g/mol. The molecule has 0 aliphatic carbocycles. The lowest BCUT2D eigenvalue weighted by Gasteiger charge is -2.07. The van der Waals surface area contributed by atoms with Crippen LogP contribution in [0.25, 0.3) is 0 Å². The lowest BCUT2D eigenvalue weighted by Crippen LogP contribution is -2.24. The van der Waals surface area contributed by atoms with Crippen molar-refractivity contribution in [3.63, 3.8) is 0 Å². The highest BCUT2D eigenvalue weighted by Gasteiger charge is 2.14. The molecule has 19 heavy (non-hydrogen) atoms. The molecule has 0 saturated heterocycles.